The molecule has 0 aromatic heterocycles. The highest BCUT2D eigenvalue weighted by Crippen LogP contribution is 2.35. The molecule has 0 unspecified atom stereocenters. The van der Waals surface area contributed by atoms with E-state index in [1.54, 1.807) is 6.07 Å². The number of rotatable bonds is 2. The van der Waals surface area contributed by atoms with Gasteiger partial charge in [-0.2, -0.15) is 0 Å². The Balaban J connectivity index is 1.95. The van der Waals surface area contributed by atoms with E-state index in [9.17, 15) is 18.4 Å². The van der Waals surface area contributed by atoms with Gasteiger partial charge in [0.05, 0.1) is 10.6 Å². The van der Waals surface area contributed by atoms with Gasteiger partial charge in [-0.15, -0.1) is 0 Å². The average Bonchev–Trinajstić information content (AvgIpc) is 2.77. The van der Waals surface area contributed by atoms with Gasteiger partial charge in [-0.05, 0) is 48.2 Å². The number of carbonyl (C=O) groups is 2. The molecule has 3 nitrogen and oxygen atoms in total. The van der Waals surface area contributed by atoms with Gasteiger partial charge < -0.3 is 0 Å². The standard InChI is InChI=1S/C16H9F2NO2S/c17-11-5-7-12(8-6-11)19-15(20)14(22-16(19)21)9-10-3-1-2-4-13(10)18/h1-9H/b14-9-. The summed E-state index contributed by atoms with van der Waals surface area (Å²) in [6, 6.07) is 11.0. The Morgan fingerprint density at radius 1 is 0.955 bits per heavy atom. The van der Waals surface area contributed by atoms with Gasteiger partial charge in [0.2, 0.25) is 0 Å². The van der Waals surface area contributed by atoms with Crippen LogP contribution in [0.4, 0.5) is 19.3 Å². The van der Waals surface area contributed by atoms with Crippen LogP contribution in [0.2, 0.25) is 0 Å². The molecule has 1 fully saturated rings. The van der Waals surface area contributed by atoms with Gasteiger partial charge in [0, 0.05) is 5.56 Å². The van der Waals surface area contributed by atoms with Crippen LogP contribution in [0.1, 0.15) is 5.56 Å². The van der Waals surface area contributed by atoms with Crippen LogP contribution in [0.3, 0.4) is 0 Å². The van der Waals surface area contributed by atoms with Crippen LogP contribution in [0.25, 0.3) is 6.08 Å². The van der Waals surface area contributed by atoms with E-state index >= 15 is 0 Å². The Morgan fingerprint density at radius 3 is 2.32 bits per heavy atom. The second-order valence-electron chi connectivity index (χ2n) is 4.52. The first kappa shape index (κ1) is 14.5. The molecule has 22 heavy (non-hydrogen) atoms. The van der Waals surface area contributed by atoms with Crippen molar-refractivity contribution in [3.63, 3.8) is 0 Å². The minimum absolute atomic E-state index is 0.124. The Bertz CT molecular complexity index is 787. The van der Waals surface area contributed by atoms with Crippen molar-refractivity contribution in [2.24, 2.45) is 0 Å². The molecule has 1 saturated heterocycles. The van der Waals surface area contributed by atoms with Gasteiger partial charge in [-0.1, -0.05) is 18.2 Å². The summed E-state index contributed by atoms with van der Waals surface area (Å²) in [5, 5.41) is -0.501. The van der Waals surface area contributed by atoms with E-state index in [-0.39, 0.29) is 16.2 Å². The number of thioether (sulfide) groups is 1. The summed E-state index contributed by atoms with van der Waals surface area (Å²) in [5.74, 6) is -1.49. The third-order valence-corrected chi connectivity index (χ3v) is 3.94. The molecular formula is C16H9F2NO2S. The first-order chi connectivity index (χ1) is 10.6. The minimum atomic E-state index is -0.551. The maximum absolute atomic E-state index is 13.6. The monoisotopic (exact) mass is 317 g/mol. The fourth-order valence-corrected chi connectivity index (χ4v) is 2.85. The van der Waals surface area contributed by atoms with E-state index in [2.05, 4.69) is 0 Å². The molecule has 2 aromatic carbocycles. The fraction of sp³-hybridized carbons (Fsp3) is 0. The molecule has 1 aliphatic rings. The molecule has 0 atom stereocenters. The number of nitrogens with zero attached hydrogens (tertiary/aromatic N) is 1. The Labute approximate surface area is 129 Å². The molecule has 0 saturated carbocycles. The van der Waals surface area contributed by atoms with E-state index in [0.717, 1.165) is 16.7 Å². The number of halogens is 2. The van der Waals surface area contributed by atoms with Gasteiger partial charge in [0.1, 0.15) is 11.6 Å². The van der Waals surface area contributed by atoms with Crippen LogP contribution in [0.5, 0.6) is 0 Å². The molecule has 2 aromatic rings. The summed E-state index contributed by atoms with van der Waals surface area (Å²) in [4.78, 5) is 25.4. The number of carbonyl (C=O) groups excluding carboxylic acids is 2. The van der Waals surface area contributed by atoms with E-state index < -0.39 is 22.8 Å². The summed E-state index contributed by atoms with van der Waals surface area (Å²) >= 11 is 0.722. The fourth-order valence-electron chi connectivity index (χ4n) is 2.01. The smallest absolute Gasteiger partial charge is 0.268 e. The van der Waals surface area contributed by atoms with Gasteiger partial charge in [0.25, 0.3) is 11.1 Å². The topological polar surface area (TPSA) is 37.4 Å². The molecular weight excluding hydrogens is 308 g/mol. The number of imide groups is 1. The van der Waals surface area contributed by atoms with Crippen molar-refractivity contribution >= 4 is 34.7 Å². The number of hydrogen-bond acceptors (Lipinski definition) is 3. The SMILES string of the molecule is O=C1S/C(=C\c2ccccc2F)C(=O)N1c1ccc(F)cc1. The minimum Gasteiger partial charge on any atom is -0.268 e. The molecule has 6 heteroatoms. The molecule has 0 spiro atoms. The van der Waals surface area contributed by atoms with Crippen molar-refractivity contribution in [3.8, 4) is 0 Å². The lowest BCUT2D eigenvalue weighted by molar-refractivity contribution is -0.113. The highest BCUT2D eigenvalue weighted by Gasteiger charge is 2.36. The summed E-state index contributed by atoms with van der Waals surface area (Å²) in [5.41, 5.74) is 0.507. The van der Waals surface area contributed by atoms with Crippen LogP contribution in [0, 0.1) is 11.6 Å². The molecule has 0 radical (unpaired) electrons. The lowest BCUT2D eigenvalue weighted by atomic mass is 10.2. The Hall–Kier alpha value is -2.47. The Morgan fingerprint density at radius 2 is 1.64 bits per heavy atom. The predicted octanol–water partition coefficient (Wildman–Crippen LogP) is 4.21. The normalized spacial score (nSPS) is 16.6. The zero-order chi connectivity index (χ0) is 15.7. The zero-order valence-corrected chi connectivity index (χ0v) is 11.9. The maximum Gasteiger partial charge on any atom is 0.298 e. The van der Waals surface area contributed by atoms with Crippen LogP contribution >= 0.6 is 11.8 Å². The van der Waals surface area contributed by atoms with E-state index in [0.29, 0.717) is 0 Å². The van der Waals surface area contributed by atoms with E-state index in [1.165, 1.54) is 48.5 Å². The van der Waals surface area contributed by atoms with Crippen LogP contribution in [-0.2, 0) is 4.79 Å². The number of amides is 2. The zero-order valence-electron chi connectivity index (χ0n) is 11.1. The highest BCUT2D eigenvalue weighted by molar-refractivity contribution is 8.19. The van der Waals surface area contributed by atoms with Crippen molar-refractivity contribution in [3.05, 3.63) is 70.6 Å². The summed E-state index contributed by atoms with van der Waals surface area (Å²) < 4.78 is 26.6. The van der Waals surface area contributed by atoms with Crippen molar-refractivity contribution in [1.82, 2.24) is 0 Å². The molecule has 3 rings (SSSR count). The average molecular weight is 317 g/mol. The summed E-state index contributed by atoms with van der Waals surface area (Å²) in [6.45, 7) is 0. The van der Waals surface area contributed by atoms with Gasteiger partial charge in [0.15, 0.2) is 0 Å². The first-order valence-corrected chi connectivity index (χ1v) is 7.16. The van der Waals surface area contributed by atoms with Crippen molar-refractivity contribution in [2.75, 3.05) is 4.90 Å². The summed E-state index contributed by atoms with van der Waals surface area (Å²) in [7, 11) is 0. The van der Waals surface area contributed by atoms with Gasteiger partial charge >= 0.3 is 0 Å². The highest BCUT2D eigenvalue weighted by atomic mass is 32.2. The van der Waals surface area contributed by atoms with Crippen LogP contribution < -0.4 is 4.90 Å². The van der Waals surface area contributed by atoms with Crippen molar-refractivity contribution in [2.45, 2.75) is 0 Å². The van der Waals surface area contributed by atoms with E-state index in [1.807, 2.05) is 0 Å². The third-order valence-electron chi connectivity index (χ3n) is 3.07. The second kappa shape index (κ2) is 5.73. The molecule has 2 amide bonds. The number of benzene rings is 2. The van der Waals surface area contributed by atoms with Gasteiger partial charge in [-0.25, -0.2) is 13.7 Å². The summed E-state index contributed by atoms with van der Waals surface area (Å²) in [6.07, 6.45) is 1.34. The van der Waals surface area contributed by atoms with Gasteiger partial charge in [-0.3, -0.25) is 9.59 Å². The molecule has 110 valence electrons. The predicted molar refractivity (Wildman–Crippen MR) is 81.3 cm³/mol. The largest absolute Gasteiger partial charge is 0.298 e. The lowest BCUT2D eigenvalue weighted by Crippen LogP contribution is -2.27. The molecule has 0 aliphatic carbocycles. The first-order valence-electron chi connectivity index (χ1n) is 6.34. The van der Waals surface area contributed by atoms with Crippen LogP contribution in [-0.4, -0.2) is 11.1 Å². The Kier molecular flexibility index (Phi) is 3.77. The van der Waals surface area contributed by atoms with E-state index in [4.69, 9.17) is 0 Å². The van der Waals surface area contributed by atoms with Crippen molar-refractivity contribution < 1.29 is 18.4 Å². The van der Waals surface area contributed by atoms with Crippen molar-refractivity contribution in [1.29, 1.82) is 0 Å². The van der Waals surface area contributed by atoms with Crippen LogP contribution in [0.15, 0.2) is 53.4 Å². The maximum atomic E-state index is 13.6. The molecule has 1 aliphatic heterocycles. The molecule has 0 bridgehead atoms. The quantitative estimate of drug-likeness (QED) is 0.779. The number of anilines is 1. The lowest BCUT2D eigenvalue weighted by Gasteiger charge is -2.11. The third kappa shape index (κ3) is 2.65. The molecule has 0 N–H and O–H groups in total. The second-order valence-corrected chi connectivity index (χ2v) is 5.51. The molecule has 1 heterocycles. The number of hydrogen-bond donors (Lipinski definition) is 0.